The summed E-state index contributed by atoms with van der Waals surface area (Å²) in [5.41, 5.74) is 5.59. The number of nitrogens with one attached hydrogen (secondary N) is 1. The zero-order valence-corrected chi connectivity index (χ0v) is 24.1. The molecular formula is C31H50N2OS. The van der Waals surface area contributed by atoms with Crippen LogP contribution in [-0.2, 0) is 0 Å². The largest absolute Gasteiger partial charge is 0.493 e. The van der Waals surface area contributed by atoms with Crippen LogP contribution in [0.5, 0.6) is 5.75 Å². The van der Waals surface area contributed by atoms with E-state index in [2.05, 4.69) is 102 Å². The molecule has 0 radical (unpaired) electrons. The average Bonchev–Trinajstić information content (AvgIpc) is 3.30. The fourth-order valence-electron chi connectivity index (χ4n) is 3.21. The van der Waals surface area contributed by atoms with Gasteiger partial charge in [-0.2, -0.15) is 0 Å². The van der Waals surface area contributed by atoms with E-state index in [9.17, 15) is 0 Å². The van der Waals surface area contributed by atoms with Crippen LogP contribution in [-0.4, -0.2) is 11.6 Å². The predicted octanol–water partition coefficient (Wildman–Crippen LogP) is 11.0. The third-order valence-corrected chi connectivity index (χ3v) is 5.80. The van der Waals surface area contributed by atoms with Gasteiger partial charge < -0.3 is 10.1 Å². The van der Waals surface area contributed by atoms with Gasteiger partial charge in [-0.25, -0.2) is 4.98 Å². The van der Waals surface area contributed by atoms with Gasteiger partial charge in [-0.05, 0) is 31.9 Å². The molecule has 0 fully saturated rings. The maximum atomic E-state index is 6.05. The van der Waals surface area contributed by atoms with Gasteiger partial charge >= 0.3 is 0 Å². The molecule has 0 aliphatic heterocycles. The standard InChI is InChI=1S/C25H32N2OS.2C3H8.H2/c1-4-5-6-7-8-9-16-28-24-17-22(15-12-20(24)3)26-25-27-23(18-29-25)21-13-10-19(2)11-14-21;2*1-3-2;/h10-15,17-18H,4-9,16H2,1-3H3,(H,26,27);2*3H2,1-2H3;1H. The van der Waals surface area contributed by atoms with Gasteiger partial charge in [0.05, 0.1) is 12.3 Å². The van der Waals surface area contributed by atoms with Crippen molar-refractivity contribution < 1.29 is 6.16 Å². The Bertz CT molecular complexity index is 923. The van der Waals surface area contributed by atoms with Crippen molar-refractivity contribution in [3.05, 3.63) is 59.0 Å². The molecule has 3 rings (SSSR count). The highest BCUT2D eigenvalue weighted by Crippen LogP contribution is 2.30. The van der Waals surface area contributed by atoms with Gasteiger partial charge in [0.2, 0.25) is 0 Å². The molecule has 1 N–H and O–H groups in total. The van der Waals surface area contributed by atoms with Crippen molar-refractivity contribution in [3.8, 4) is 17.0 Å². The number of hydrogen-bond acceptors (Lipinski definition) is 4. The summed E-state index contributed by atoms with van der Waals surface area (Å²) in [4.78, 5) is 4.74. The molecular weight excluding hydrogens is 448 g/mol. The topological polar surface area (TPSA) is 34.1 Å². The first-order valence-electron chi connectivity index (χ1n) is 13.5. The summed E-state index contributed by atoms with van der Waals surface area (Å²) < 4.78 is 6.05. The van der Waals surface area contributed by atoms with Gasteiger partial charge in [0, 0.05) is 24.1 Å². The molecule has 0 aliphatic carbocycles. The number of hydrogen-bond donors (Lipinski definition) is 1. The molecule has 35 heavy (non-hydrogen) atoms. The molecule has 0 saturated heterocycles. The molecule has 0 saturated carbocycles. The van der Waals surface area contributed by atoms with Gasteiger partial charge in [-0.15, -0.1) is 11.3 Å². The number of thiazole rings is 1. The molecule has 0 atom stereocenters. The number of nitrogens with zero attached hydrogens (tertiary/aromatic N) is 1. The monoisotopic (exact) mass is 498 g/mol. The highest BCUT2D eigenvalue weighted by atomic mass is 32.1. The highest BCUT2D eigenvalue weighted by molar-refractivity contribution is 7.14. The lowest BCUT2D eigenvalue weighted by Gasteiger charge is -2.11. The molecule has 3 nitrogen and oxygen atoms in total. The van der Waals surface area contributed by atoms with Gasteiger partial charge in [-0.1, -0.05) is 115 Å². The van der Waals surface area contributed by atoms with Crippen LogP contribution in [0.15, 0.2) is 47.8 Å². The minimum Gasteiger partial charge on any atom is -0.493 e. The van der Waals surface area contributed by atoms with Gasteiger partial charge in [-0.3, -0.25) is 0 Å². The summed E-state index contributed by atoms with van der Waals surface area (Å²) in [5, 5.41) is 6.41. The van der Waals surface area contributed by atoms with E-state index in [1.807, 2.05) is 0 Å². The van der Waals surface area contributed by atoms with Crippen LogP contribution in [0.3, 0.4) is 0 Å². The first kappa shape index (κ1) is 30.7. The molecule has 0 spiro atoms. The maximum Gasteiger partial charge on any atom is 0.187 e. The number of aryl methyl sites for hydroxylation is 2. The smallest absolute Gasteiger partial charge is 0.187 e. The number of anilines is 2. The zero-order chi connectivity index (χ0) is 25.9. The van der Waals surface area contributed by atoms with Crippen molar-refractivity contribution in [2.75, 3.05) is 11.9 Å². The normalized spacial score (nSPS) is 10.0. The Balaban J connectivity index is 0.00000159. The Morgan fingerprint density at radius 2 is 1.46 bits per heavy atom. The van der Waals surface area contributed by atoms with E-state index < -0.39 is 0 Å². The van der Waals surface area contributed by atoms with E-state index in [-0.39, 0.29) is 1.43 Å². The Labute approximate surface area is 220 Å². The second-order valence-electron chi connectivity index (χ2n) is 9.04. The lowest BCUT2D eigenvalue weighted by Crippen LogP contribution is -2.00. The maximum absolute atomic E-state index is 6.05. The Hall–Kier alpha value is -2.33. The van der Waals surface area contributed by atoms with E-state index in [1.165, 1.54) is 56.1 Å². The quantitative estimate of drug-likeness (QED) is 0.267. The average molecular weight is 499 g/mol. The molecule has 196 valence electrons. The molecule has 2 aromatic carbocycles. The third-order valence-electron chi connectivity index (χ3n) is 5.05. The van der Waals surface area contributed by atoms with Crippen LogP contribution in [0.4, 0.5) is 10.8 Å². The van der Waals surface area contributed by atoms with Crippen LogP contribution in [0.1, 0.15) is 98.5 Å². The van der Waals surface area contributed by atoms with E-state index in [4.69, 9.17) is 9.72 Å². The van der Waals surface area contributed by atoms with Crippen LogP contribution in [0.2, 0.25) is 0 Å². The summed E-state index contributed by atoms with van der Waals surface area (Å²) in [5.74, 6) is 0.957. The molecule has 0 unspecified atom stereocenters. The zero-order valence-electron chi connectivity index (χ0n) is 23.2. The Morgan fingerprint density at radius 3 is 2.11 bits per heavy atom. The number of benzene rings is 2. The second-order valence-corrected chi connectivity index (χ2v) is 9.90. The second kappa shape index (κ2) is 18.9. The molecule has 1 heterocycles. The van der Waals surface area contributed by atoms with E-state index in [0.717, 1.165) is 40.9 Å². The lowest BCUT2D eigenvalue weighted by atomic mass is 10.1. The van der Waals surface area contributed by atoms with Crippen molar-refractivity contribution in [2.24, 2.45) is 0 Å². The van der Waals surface area contributed by atoms with Crippen molar-refractivity contribution in [1.82, 2.24) is 4.98 Å². The van der Waals surface area contributed by atoms with E-state index >= 15 is 0 Å². The molecule has 0 amide bonds. The minimum atomic E-state index is 0. The molecule has 3 aromatic rings. The van der Waals surface area contributed by atoms with Gasteiger partial charge in [0.15, 0.2) is 5.13 Å². The first-order valence-corrected chi connectivity index (χ1v) is 14.4. The summed E-state index contributed by atoms with van der Waals surface area (Å²) in [6.45, 7) is 15.7. The van der Waals surface area contributed by atoms with Crippen molar-refractivity contribution in [2.45, 2.75) is 99.8 Å². The fraction of sp³-hybridized carbons (Fsp3) is 0.516. The summed E-state index contributed by atoms with van der Waals surface area (Å²) in [6, 6.07) is 14.7. The van der Waals surface area contributed by atoms with Gasteiger partial charge in [0.1, 0.15) is 5.75 Å². The number of unbranched alkanes of at least 4 members (excludes halogenated alkanes) is 5. The Morgan fingerprint density at radius 1 is 0.829 bits per heavy atom. The minimum absolute atomic E-state index is 0. The summed E-state index contributed by atoms with van der Waals surface area (Å²) in [7, 11) is 0. The Kier molecular flexibility index (Phi) is 16.6. The van der Waals surface area contributed by atoms with Crippen molar-refractivity contribution in [1.29, 1.82) is 0 Å². The molecule has 0 bridgehead atoms. The van der Waals surface area contributed by atoms with E-state index in [1.54, 1.807) is 11.3 Å². The molecule has 4 heteroatoms. The molecule has 0 aliphatic rings. The van der Waals surface area contributed by atoms with Crippen LogP contribution in [0.25, 0.3) is 11.3 Å². The number of aromatic nitrogens is 1. The highest BCUT2D eigenvalue weighted by Gasteiger charge is 2.07. The van der Waals surface area contributed by atoms with E-state index in [0.29, 0.717) is 0 Å². The fourth-order valence-corrected chi connectivity index (χ4v) is 3.95. The third kappa shape index (κ3) is 12.8. The van der Waals surface area contributed by atoms with Crippen molar-refractivity contribution in [3.63, 3.8) is 0 Å². The van der Waals surface area contributed by atoms with Crippen molar-refractivity contribution >= 4 is 22.2 Å². The molecule has 1 aromatic heterocycles. The first-order chi connectivity index (χ1) is 17.0. The van der Waals surface area contributed by atoms with Crippen LogP contribution >= 0.6 is 11.3 Å². The number of ether oxygens (including phenoxy) is 1. The predicted molar refractivity (Wildman–Crippen MR) is 160 cm³/mol. The SMILES string of the molecule is CCC.CCC.CCCCCCCCOc1cc(Nc2nc(-c3ccc(C)cc3)cs2)ccc1C.[HH]. The van der Waals surface area contributed by atoms with Crippen LogP contribution < -0.4 is 10.1 Å². The summed E-state index contributed by atoms with van der Waals surface area (Å²) >= 11 is 1.62. The van der Waals surface area contributed by atoms with Crippen LogP contribution in [0, 0.1) is 13.8 Å². The summed E-state index contributed by atoms with van der Waals surface area (Å²) in [6.07, 6.45) is 10.2. The lowest BCUT2D eigenvalue weighted by molar-refractivity contribution is 0.302. The van der Waals surface area contributed by atoms with Gasteiger partial charge in [0.25, 0.3) is 0 Å². The number of rotatable bonds is 11.